The smallest absolute Gasteiger partial charge is 0.123 e. The molecule has 2 aromatic rings. The molecule has 0 unspecified atom stereocenters. The van der Waals surface area contributed by atoms with E-state index in [-0.39, 0.29) is 5.82 Å². The van der Waals surface area contributed by atoms with E-state index in [0.29, 0.717) is 0 Å². The van der Waals surface area contributed by atoms with Crippen molar-refractivity contribution in [3.63, 3.8) is 0 Å². The molecule has 0 saturated carbocycles. The van der Waals surface area contributed by atoms with Crippen molar-refractivity contribution >= 4 is 27.3 Å². The van der Waals surface area contributed by atoms with Gasteiger partial charge in [-0.25, -0.2) is 4.39 Å². The molecular weight excluding hydrogens is 331 g/mol. The second-order valence-corrected chi connectivity index (χ2v) is 5.64. The predicted octanol–water partition coefficient (Wildman–Crippen LogP) is 4.86. The zero-order valence-corrected chi connectivity index (χ0v) is 14.0. The minimum absolute atomic E-state index is 0.213. The fourth-order valence-electron chi connectivity index (χ4n) is 2.26. The average Bonchev–Trinajstić information content (AvgIpc) is 2.49. The minimum atomic E-state index is -0.213. The van der Waals surface area contributed by atoms with E-state index in [1.54, 1.807) is 12.1 Å². The Bertz CT molecular complexity index is 584. The van der Waals surface area contributed by atoms with E-state index in [9.17, 15) is 4.39 Å². The summed E-state index contributed by atoms with van der Waals surface area (Å²) in [5.41, 5.74) is 3.31. The summed E-state index contributed by atoms with van der Waals surface area (Å²) >= 11 is 3.65. The zero-order chi connectivity index (χ0) is 15.2. The number of hydrogen-bond donors (Lipinski definition) is 1. The summed E-state index contributed by atoms with van der Waals surface area (Å²) in [5, 5.41) is 3.32. The first kappa shape index (κ1) is 16.0. The maximum absolute atomic E-state index is 13.1. The summed E-state index contributed by atoms with van der Waals surface area (Å²) in [6.07, 6.45) is 0. The summed E-state index contributed by atoms with van der Waals surface area (Å²) < 4.78 is 14.1. The normalized spacial score (nSPS) is 10.7. The number of nitrogens with zero attached hydrogens (tertiary/aromatic N) is 1. The number of anilines is 2. The van der Waals surface area contributed by atoms with Crippen molar-refractivity contribution in [2.24, 2.45) is 0 Å². The zero-order valence-electron chi connectivity index (χ0n) is 12.4. The second-order valence-electron chi connectivity index (χ2n) is 4.79. The Morgan fingerprint density at radius 2 is 1.81 bits per heavy atom. The van der Waals surface area contributed by atoms with Crippen molar-refractivity contribution in [3.8, 4) is 0 Å². The van der Waals surface area contributed by atoms with Crippen molar-refractivity contribution in [3.05, 3.63) is 58.3 Å². The minimum Gasteiger partial charge on any atom is -0.341 e. The monoisotopic (exact) mass is 350 g/mol. The first-order valence-corrected chi connectivity index (χ1v) is 7.97. The van der Waals surface area contributed by atoms with Gasteiger partial charge in [0, 0.05) is 23.2 Å². The topological polar surface area (TPSA) is 15.3 Å². The molecule has 0 aliphatic carbocycles. The van der Waals surface area contributed by atoms with E-state index in [1.165, 1.54) is 17.7 Å². The van der Waals surface area contributed by atoms with Crippen molar-refractivity contribution in [2.75, 3.05) is 18.0 Å². The van der Waals surface area contributed by atoms with Crippen LogP contribution in [0.1, 0.15) is 19.4 Å². The summed E-state index contributed by atoms with van der Waals surface area (Å²) in [7, 11) is 0. The molecule has 2 aromatic carbocycles. The van der Waals surface area contributed by atoms with Gasteiger partial charge in [0.2, 0.25) is 0 Å². The molecular formula is C17H20BrFN2. The summed E-state index contributed by atoms with van der Waals surface area (Å²) in [6, 6.07) is 12.9. The van der Waals surface area contributed by atoms with Crippen molar-refractivity contribution in [1.29, 1.82) is 0 Å². The summed E-state index contributed by atoms with van der Waals surface area (Å²) in [6.45, 7) is 6.81. The van der Waals surface area contributed by atoms with Gasteiger partial charge >= 0.3 is 0 Å². The molecule has 0 spiro atoms. The number of halogens is 2. The van der Waals surface area contributed by atoms with E-state index < -0.39 is 0 Å². The van der Waals surface area contributed by atoms with Crippen LogP contribution in [0.5, 0.6) is 0 Å². The van der Waals surface area contributed by atoms with Gasteiger partial charge in [-0.05, 0) is 71.4 Å². The van der Waals surface area contributed by atoms with Gasteiger partial charge in [0.15, 0.2) is 0 Å². The van der Waals surface area contributed by atoms with Gasteiger partial charge < -0.3 is 10.2 Å². The second kappa shape index (κ2) is 7.57. The van der Waals surface area contributed by atoms with Crippen molar-refractivity contribution in [2.45, 2.75) is 20.4 Å². The standard InChI is InChI=1S/C17H20BrFN2/c1-3-20-12-13-5-10-17(16(18)11-13)21(4-2)15-8-6-14(19)7-9-15/h5-11,20H,3-4,12H2,1-2H3. The quantitative estimate of drug-likeness (QED) is 0.800. The van der Waals surface area contributed by atoms with Gasteiger partial charge in [-0.2, -0.15) is 0 Å². The number of nitrogens with one attached hydrogen (secondary N) is 1. The lowest BCUT2D eigenvalue weighted by molar-refractivity contribution is 0.628. The van der Waals surface area contributed by atoms with E-state index in [4.69, 9.17) is 0 Å². The Kier molecular flexibility index (Phi) is 5.76. The van der Waals surface area contributed by atoms with E-state index in [2.05, 4.69) is 58.2 Å². The van der Waals surface area contributed by atoms with Crippen LogP contribution in [0.15, 0.2) is 46.9 Å². The highest BCUT2D eigenvalue weighted by Gasteiger charge is 2.11. The highest BCUT2D eigenvalue weighted by molar-refractivity contribution is 9.10. The molecule has 0 saturated heterocycles. The van der Waals surface area contributed by atoms with Gasteiger partial charge in [-0.1, -0.05) is 13.0 Å². The molecule has 0 aliphatic heterocycles. The van der Waals surface area contributed by atoms with Crippen LogP contribution in [0.3, 0.4) is 0 Å². The number of hydrogen-bond acceptors (Lipinski definition) is 2. The lowest BCUT2D eigenvalue weighted by atomic mass is 10.1. The molecule has 0 radical (unpaired) electrons. The van der Waals surface area contributed by atoms with Crippen molar-refractivity contribution in [1.82, 2.24) is 5.32 Å². The van der Waals surface area contributed by atoms with Gasteiger partial charge in [0.05, 0.1) is 5.69 Å². The molecule has 0 atom stereocenters. The third-order valence-corrected chi connectivity index (χ3v) is 3.97. The van der Waals surface area contributed by atoms with E-state index in [1.807, 2.05) is 0 Å². The Morgan fingerprint density at radius 1 is 1.10 bits per heavy atom. The molecule has 1 N–H and O–H groups in total. The average molecular weight is 351 g/mol. The Labute approximate surface area is 134 Å². The third-order valence-electron chi connectivity index (χ3n) is 3.34. The molecule has 0 bridgehead atoms. The molecule has 0 heterocycles. The largest absolute Gasteiger partial charge is 0.341 e. The van der Waals surface area contributed by atoms with Crippen LogP contribution < -0.4 is 10.2 Å². The lowest BCUT2D eigenvalue weighted by Gasteiger charge is -2.25. The molecule has 4 heteroatoms. The maximum Gasteiger partial charge on any atom is 0.123 e. The van der Waals surface area contributed by atoms with Crippen LogP contribution in [0.2, 0.25) is 0 Å². The van der Waals surface area contributed by atoms with Gasteiger partial charge in [0.1, 0.15) is 5.82 Å². The molecule has 2 rings (SSSR count). The number of rotatable bonds is 6. The summed E-state index contributed by atoms with van der Waals surface area (Å²) in [4.78, 5) is 2.15. The van der Waals surface area contributed by atoms with Gasteiger partial charge in [-0.15, -0.1) is 0 Å². The SMILES string of the molecule is CCNCc1ccc(N(CC)c2ccc(F)cc2)c(Br)c1. The lowest BCUT2D eigenvalue weighted by Crippen LogP contribution is -2.17. The molecule has 21 heavy (non-hydrogen) atoms. The molecule has 0 aliphatic rings. The van der Waals surface area contributed by atoms with Crippen LogP contribution in [-0.4, -0.2) is 13.1 Å². The molecule has 112 valence electrons. The predicted molar refractivity (Wildman–Crippen MR) is 90.6 cm³/mol. The molecule has 0 amide bonds. The van der Waals surface area contributed by atoms with Crippen LogP contribution in [0, 0.1) is 5.82 Å². The van der Waals surface area contributed by atoms with Crippen LogP contribution in [-0.2, 0) is 6.54 Å². The van der Waals surface area contributed by atoms with Crippen LogP contribution in [0.4, 0.5) is 15.8 Å². The van der Waals surface area contributed by atoms with E-state index in [0.717, 1.165) is 35.5 Å². The highest BCUT2D eigenvalue weighted by atomic mass is 79.9. The van der Waals surface area contributed by atoms with E-state index >= 15 is 0 Å². The molecule has 0 fully saturated rings. The Morgan fingerprint density at radius 3 is 2.38 bits per heavy atom. The Balaban J connectivity index is 2.27. The Hall–Kier alpha value is -1.39. The third kappa shape index (κ3) is 4.05. The van der Waals surface area contributed by atoms with Crippen molar-refractivity contribution < 1.29 is 4.39 Å². The summed E-state index contributed by atoms with van der Waals surface area (Å²) in [5.74, 6) is -0.213. The molecule has 2 nitrogen and oxygen atoms in total. The van der Waals surface area contributed by atoms with Crippen LogP contribution >= 0.6 is 15.9 Å². The first-order chi connectivity index (χ1) is 10.2. The highest BCUT2D eigenvalue weighted by Crippen LogP contribution is 2.32. The fraction of sp³-hybridized carbons (Fsp3) is 0.294. The first-order valence-electron chi connectivity index (χ1n) is 7.18. The van der Waals surface area contributed by atoms with Crippen LogP contribution in [0.25, 0.3) is 0 Å². The van der Waals surface area contributed by atoms with Gasteiger partial charge in [-0.3, -0.25) is 0 Å². The molecule has 0 aromatic heterocycles. The number of benzene rings is 2. The fourth-order valence-corrected chi connectivity index (χ4v) is 2.90. The van der Waals surface area contributed by atoms with Gasteiger partial charge in [0.25, 0.3) is 0 Å². The maximum atomic E-state index is 13.1.